The van der Waals surface area contributed by atoms with Crippen LogP contribution in [0.3, 0.4) is 0 Å². The van der Waals surface area contributed by atoms with Crippen LogP contribution in [-0.2, 0) is 4.79 Å². The molecular weight excluding hydrogens is 354 g/mol. The van der Waals surface area contributed by atoms with Crippen molar-refractivity contribution in [2.24, 2.45) is 5.92 Å². The summed E-state index contributed by atoms with van der Waals surface area (Å²) in [6.45, 7) is 0. The molecule has 126 valence electrons. The molecule has 1 aliphatic rings. The molecule has 0 radical (unpaired) electrons. The van der Waals surface area contributed by atoms with Gasteiger partial charge in [0.2, 0.25) is 5.91 Å². The SMILES string of the molecule is O=C(Nc1cccc(-c2csc(Nc3cccc(Cl)c3)n2)c1)C1CC1. The van der Waals surface area contributed by atoms with Crippen LogP contribution in [0.2, 0.25) is 5.02 Å². The van der Waals surface area contributed by atoms with Gasteiger partial charge in [-0.3, -0.25) is 4.79 Å². The lowest BCUT2D eigenvalue weighted by molar-refractivity contribution is -0.117. The zero-order valence-electron chi connectivity index (χ0n) is 13.3. The first-order valence-electron chi connectivity index (χ1n) is 8.07. The number of carbonyl (C=O) groups excluding carboxylic acids is 1. The van der Waals surface area contributed by atoms with Crippen LogP contribution < -0.4 is 10.6 Å². The summed E-state index contributed by atoms with van der Waals surface area (Å²) in [6.07, 6.45) is 1.99. The van der Waals surface area contributed by atoms with Crippen LogP contribution in [0.15, 0.2) is 53.9 Å². The zero-order valence-corrected chi connectivity index (χ0v) is 14.9. The molecule has 1 heterocycles. The van der Waals surface area contributed by atoms with Gasteiger partial charge in [-0.15, -0.1) is 11.3 Å². The van der Waals surface area contributed by atoms with E-state index in [9.17, 15) is 4.79 Å². The monoisotopic (exact) mass is 369 g/mol. The quantitative estimate of drug-likeness (QED) is 0.619. The maximum absolute atomic E-state index is 11.9. The van der Waals surface area contributed by atoms with E-state index < -0.39 is 0 Å². The highest BCUT2D eigenvalue weighted by Crippen LogP contribution is 2.32. The Kier molecular flexibility index (Phi) is 4.42. The van der Waals surface area contributed by atoms with Gasteiger partial charge in [0.15, 0.2) is 5.13 Å². The van der Waals surface area contributed by atoms with Crippen molar-refractivity contribution in [1.29, 1.82) is 0 Å². The third kappa shape index (κ3) is 4.00. The van der Waals surface area contributed by atoms with E-state index in [2.05, 4.69) is 15.6 Å². The second kappa shape index (κ2) is 6.86. The molecule has 1 fully saturated rings. The van der Waals surface area contributed by atoms with Crippen LogP contribution in [0.1, 0.15) is 12.8 Å². The van der Waals surface area contributed by atoms with Gasteiger partial charge in [0, 0.05) is 33.3 Å². The molecule has 1 aromatic heterocycles. The van der Waals surface area contributed by atoms with Gasteiger partial charge in [-0.2, -0.15) is 0 Å². The molecule has 4 rings (SSSR count). The number of aromatic nitrogens is 1. The predicted molar refractivity (Wildman–Crippen MR) is 104 cm³/mol. The van der Waals surface area contributed by atoms with Crippen molar-refractivity contribution < 1.29 is 4.79 Å². The van der Waals surface area contributed by atoms with Crippen molar-refractivity contribution in [1.82, 2.24) is 4.98 Å². The smallest absolute Gasteiger partial charge is 0.227 e. The van der Waals surface area contributed by atoms with Crippen molar-refractivity contribution in [3.8, 4) is 11.3 Å². The van der Waals surface area contributed by atoms with Crippen molar-refractivity contribution >= 4 is 45.4 Å². The van der Waals surface area contributed by atoms with Gasteiger partial charge >= 0.3 is 0 Å². The molecule has 1 amide bonds. The van der Waals surface area contributed by atoms with Crippen molar-refractivity contribution in [2.45, 2.75) is 12.8 Å². The molecular formula is C19H16ClN3OS. The normalized spacial score (nSPS) is 13.5. The molecule has 0 unspecified atom stereocenters. The Bertz CT molecular complexity index is 920. The van der Waals surface area contributed by atoms with E-state index >= 15 is 0 Å². The average molecular weight is 370 g/mol. The number of benzene rings is 2. The second-order valence-electron chi connectivity index (χ2n) is 6.02. The van der Waals surface area contributed by atoms with E-state index in [0.717, 1.165) is 40.6 Å². The molecule has 0 atom stereocenters. The molecule has 0 saturated heterocycles. The van der Waals surface area contributed by atoms with Gasteiger partial charge in [-0.25, -0.2) is 4.98 Å². The van der Waals surface area contributed by atoms with E-state index in [4.69, 9.17) is 11.6 Å². The molecule has 3 aromatic rings. The van der Waals surface area contributed by atoms with Gasteiger partial charge in [-0.05, 0) is 43.2 Å². The topological polar surface area (TPSA) is 54.0 Å². The fourth-order valence-corrected chi connectivity index (χ4v) is 3.43. The van der Waals surface area contributed by atoms with Crippen LogP contribution in [0.5, 0.6) is 0 Å². The predicted octanol–water partition coefficient (Wildman–Crippen LogP) is 5.56. The van der Waals surface area contributed by atoms with Gasteiger partial charge in [0.05, 0.1) is 5.69 Å². The number of carbonyl (C=O) groups is 1. The van der Waals surface area contributed by atoms with Crippen LogP contribution in [-0.4, -0.2) is 10.9 Å². The van der Waals surface area contributed by atoms with E-state index in [1.165, 1.54) is 11.3 Å². The Morgan fingerprint density at radius 2 is 1.92 bits per heavy atom. The number of amides is 1. The van der Waals surface area contributed by atoms with Gasteiger partial charge in [-0.1, -0.05) is 29.8 Å². The van der Waals surface area contributed by atoms with Gasteiger partial charge < -0.3 is 10.6 Å². The summed E-state index contributed by atoms with van der Waals surface area (Å²) in [5, 5.41) is 9.70. The first-order chi connectivity index (χ1) is 12.2. The maximum Gasteiger partial charge on any atom is 0.227 e. The lowest BCUT2D eigenvalue weighted by atomic mass is 10.1. The number of nitrogens with zero attached hydrogens (tertiary/aromatic N) is 1. The number of hydrogen-bond acceptors (Lipinski definition) is 4. The first-order valence-corrected chi connectivity index (χ1v) is 9.32. The largest absolute Gasteiger partial charge is 0.331 e. The van der Waals surface area contributed by atoms with Gasteiger partial charge in [0.25, 0.3) is 0 Å². The molecule has 1 saturated carbocycles. The fraction of sp³-hybridized carbons (Fsp3) is 0.158. The molecule has 2 N–H and O–H groups in total. The van der Waals surface area contributed by atoms with E-state index in [1.54, 1.807) is 0 Å². The number of nitrogens with one attached hydrogen (secondary N) is 2. The molecule has 25 heavy (non-hydrogen) atoms. The number of hydrogen-bond donors (Lipinski definition) is 2. The zero-order chi connectivity index (χ0) is 17.2. The molecule has 2 aromatic carbocycles. The third-order valence-corrected chi connectivity index (χ3v) is 4.95. The first kappa shape index (κ1) is 16.1. The summed E-state index contributed by atoms with van der Waals surface area (Å²) in [6, 6.07) is 15.3. The minimum absolute atomic E-state index is 0.110. The summed E-state index contributed by atoms with van der Waals surface area (Å²) < 4.78 is 0. The molecule has 1 aliphatic carbocycles. The molecule has 4 nitrogen and oxygen atoms in total. The lowest BCUT2D eigenvalue weighted by Crippen LogP contribution is -2.13. The summed E-state index contributed by atoms with van der Waals surface area (Å²) in [5.74, 6) is 0.301. The van der Waals surface area contributed by atoms with Gasteiger partial charge in [0.1, 0.15) is 0 Å². The standard InChI is InChI=1S/C19H16ClN3OS/c20-14-4-2-6-16(10-14)22-19-23-17(11-25-19)13-3-1-5-15(9-13)21-18(24)12-7-8-12/h1-6,9-12H,7-8H2,(H,21,24)(H,22,23). The van der Waals surface area contributed by atoms with Crippen molar-refractivity contribution in [3.63, 3.8) is 0 Å². The minimum Gasteiger partial charge on any atom is -0.331 e. The molecule has 0 bridgehead atoms. The number of rotatable bonds is 5. The summed E-state index contributed by atoms with van der Waals surface area (Å²) in [7, 11) is 0. The van der Waals surface area contributed by atoms with Crippen molar-refractivity contribution in [2.75, 3.05) is 10.6 Å². The highest BCUT2D eigenvalue weighted by Gasteiger charge is 2.29. The summed E-state index contributed by atoms with van der Waals surface area (Å²) in [4.78, 5) is 16.5. The highest BCUT2D eigenvalue weighted by atomic mass is 35.5. The van der Waals surface area contributed by atoms with E-state index in [1.807, 2.05) is 53.9 Å². The fourth-order valence-electron chi connectivity index (χ4n) is 2.50. The Balaban J connectivity index is 1.50. The molecule has 0 spiro atoms. The van der Waals surface area contributed by atoms with E-state index in [-0.39, 0.29) is 11.8 Å². The molecule has 0 aliphatic heterocycles. The maximum atomic E-state index is 11.9. The minimum atomic E-state index is 0.110. The number of anilines is 3. The Morgan fingerprint density at radius 1 is 1.12 bits per heavy atom. The van der Waals surface area contributed by atoms with Crippen LogP contribution in [0.25, 0.3) is 11.3 Å². The second-order valence-corrected chi connectivity index (χ2v) is 7.31. The van der Waals surface area contributed by atoms with E-state index in [0.29, 0.717) is 5.02 Å². The lowest BCUT2D eigenvalue weighted by Gasteiger charge is -2.06. The Morgan fingerprint density at radius 3 is 2.72 bits per heavy atom. The van der Waals surface area contributed by atoms with Crippen LogP contribution >= 0.6 is 22.9 Å². The Hall–Kier alpha value is -2.37. The molecule has 6 heteroatoms. The summed E-state index contributed by atoms with van der Waals surface area (Å²) in [5.41, 5.74) is 3.56. The number of halogens is 1. The van der Waals surface area contributed by atoms with Crippen molar-refractivity contribution in [3.05, 3.63) is 58.9 Å². The Labute approximate surface area is 154 Å². The average Bonchev–Trinajstić information content (AvgIpc) is 3.35. The van der Waals surface area contributed by atoms with Crippen LogP contribution in [0.4, 0.5) is 16.5 Å². The summed E-state index contributed by atoms with van der Waals surface area (Å²) >= 11 is 7.53. The van der Waals surface area contributed by atoms with Crippen LogP contribution in [0, 0.1) is 5.92 Å². The third-order valence-electron chi connectivity index (χ3n) is 3.95. The number of thiazole rings is 1. The highest BCUT2D eigenvalue weighted by molar-refractivity contribution is 7.14.